The van der Waals surface area contributed by atoms with E-state index >= 15 is 0 Å². The van der Waals surface area contributed by atoms with Crippen molar-refractivity contribution in [3.8, 4) is 0 Å². The molecule has 0 saturated carbocycles. The summed E-state index contributed by atoms with van der Waals surface area (Å²) in [6, 6.07) is -1.61. The molecule has 0 saturated heterocycles. The van der Waals surface area contributed by atoms with Gasteiger partial charge in [0, 0.05) is 13.1 Å². The van der Waals surface area contributed by atoms with Gasteiger partial charge in [0.05, 0.1) is 6.04 Å². The molecule has 1 amide bonds. The molecule has 13 heteroatoms. The number of Topliss-reactive ketones (excluding diaryl/α,β-unsaturated/α-hetero) is 1. The van der Waals surface area contributed by atoms with Crippen molar-refractivity contribution in [3.63, 3.8) is 0 Å². The molecule has 0 aliphatic carbocycles. The molecule has 2 rings (SSSR count). The van der Waals surface area contributed by atoms with Gasteiger partial charge in [0.1, 0.15) is 23.7 Å². The molecule has 3 atom stereocenters. The van der Waals surface area contributed by atoms with Gasteiger partial charge in [-0.2, -0.15) is 4.98 Å². The first-order valence-corrected chi connectivity index (χ1v) is 8.70. The third kappa shape index (κ3) is 5.40. The quantitative estimate of drug-likeness (QED) is 0.127. The number of carbonyl (C=O) groups is 2. The Morgan fingerprint density at radius 2 is 2.18 bits per heavy atom. The SMILES string of the molecule is C[C@H](O)C(=O)C1CNc2[nH]c(NC(=O)[C@@H](N)CCCNC(=N)N)nc(=O)c2N1. The van der Waals surface area contributed by atoms with Gasteiger partial charge in [-0.1, -0.05) is 0 Å². The van der Waals surface area contributed by atoms with E-state index in [9.17, 15) is 19.5 Å². The Morgan fingerprint density at radius 1 is 1.46 bits per heavy atom. The van der Waals surface area contributed by atoms with Gasteiger partial charge < -0.3 is 37.5 Å². The number of guanidine groups is 1. The van der Waals surface area contributed by atoms with Crippen molar-refractivity contribution in [2.24, 2.45) is 11.5 Å². The normalized spacial score (nSPS) is 17.3. The standard InChI is InChI=1S/C15H25N9O4/c1-6(25)10(26)8-5-20-11-9(21-8)13(28)24-15(22-11)23-12(27)7(16)3-2-4-19-14(17)18/h6-8,21,25H,2-5,16H2,1H3,(H4,17,18,19)(H3,20,22,23,24,27,28)/t6-,7-,8?/m0/s1. The number of rotatable bonds is 8. The molecular formula is C15H25N9O4. The Labute approximate surface area is 160 Å². The van der Waals surface area contributed by atoms with E-state index in [2.05, 4.69) is 31.2 Å². The lowest BCUT2D eigenvalue weighted by atomic mass is 10.1. The highest BCUT2D eigenvalue weighted by Crippen LogP contribution is 2.21. The molecule has 13 nitrogen and oxygen atoms in total. The second kappa shape index (κ2) is 9.14. The molecule has 0 fully saturated rings. The van der Waals surface area contributed by atoms with Crippen molar-refractivity contribution in [2.75, 3.05) is 29.0 Å². The Balaban J connectivity index is 1.98. The van der Waals surface area contributed by atoms with Crippen molar-refractivity contribution < 1.29 is 14.7 Å². The average Bonchev–Trinajstić information content (AvgIpc) is 2.63. The van der Waals surface area contributed by atoms with Gasteiger partial charge >= 0.3 is 0 Å². The Kier molecular flexibility index (Phi) is 6.89. The summed E-state index contributed by atoms with van der Waals surface area (Å²) in [6.07, 6.45) is -0.310. The number of nitrogens with two attached hydrogens (primary N) is 2. The molecule has 0 spiro atoms. The lowest BCUT2D eigenvalue weighted by molar-refractivity contribution is -0.126. The summed E-state index contributed by atoms with van der Waals surface area (Å²) in [5.41, 5.74) is 10.3. The van der Waals surface area contributed by atoms with Gasteiger partial charge in [0.2, 0.25) is 11.9 Å². The highest BCUT2D eigenvalue weighted by atomic mass is 16.3. The van der Waals surface area contributed by atoms with Crippen LogP contribution in [0.2, 0.25) is 0 Å². The maximum atomic E-state index is 12.2. The Hall–Kier alpha value is -3.19. The molecule has 1 aromatic heterocycles. The number of aromatic nitrogens is 2. The number of fused-ring (bicyclic) bond motifs is 1. The third-order valence-electron chi connectivity index (χ3n) is 4.06. The van der Waals surface area contributed by atoms with E-state index < -0.39 is 35.4 Å². The van der Waals surface area contributed by atoms with Gasteiger partial charge in [0.15, 0.2) is 11.7 Å². The van der Waals surface area contributed by atoms with E-state index in [0.29, 0.717) is 19.4 Å². The van der Waals surface area contributed by atoms with E-state index in [1.54, 1.807) is 0 Å². The van der Waals surface area contributed by atoms with E-state index in [1.165, 1.54) is 6.92 Å². The van der Waals surface area contributed by atoms with Crippen LogP contribution < -0.4 is 38.3 Å². The highest BCUT2D eigenvalue weighted by molar-refractivity contribution is 5.94. The fraction of sp³-hybridized carbons (Fsp3) is 0.533. The van der Waals surface area contributed by atoms with Gasteiger partial charge in [0.25, 0.3) is 5.56 Å². The minimum Gasteiger partial charge on any atom is -0.386 e. The average molecular weight is 395 g/mol. The van der Waals surface area contributed by atoms with Crippen molar-refractivity contribution >= 4 is 35.1 Å². The lowest BCUT2D eigenvalue weighted by Gasteiger charge is -2.27. The molecule has 0 radical (unpaired) electrons. The van der Waals surface area contributed by atoms with Crippen molar-refractivity contribution in [3.05, 3.63) is 10.4 Å². The summed E-state index contributed by atoms with van der Waals surface area (Å²) in [5.74, 6) is -0.964. The zero-order chi connectivity index (χ0) is 20.8. The summed E-state index contributed by atoms with van der Waals surface area (Å²) in [6.45, 7) is 1.90. The fourth-order valence-corrected chi connectivity index (χ4v) is 2.58. The van der Waals surface area contributed by atoms with E-state index in [0.717, 1.165) is 0 Å². The van der Waals surface area contributed by atoms with Gasteiger partial charge in [-0.15, -0.1) is 0 Å². The topological polar surface area (TPSA) is 224 Å². The van der Waals surface area contributed by atoms with Crippen LogP contribution in [0.5, 0.6) is 0 Å². The number of aliphatic hydroxyl groups excluding tert-OH is 1. The van der Waals surface area contributed by atoms with Crippen LogP contribution in [-0.4, -0.2) is 64.0 Å². The summed E-state index contributed by atoms with van der Waals surface area (Å²) in [5, 5.41) is 27.1. The summed E-state index contributed by atoms with van der Waals surface area (Å²) in [4.78, 5) is 42.7. The second-order valence-electron chi connectivity index (χ2n) is 6.38. The minimum atomic E-state index is -1.17. The number of hydrogen-bond donors (Lipinski definition) is 9. The van der Waals surface area contributed by atoms with Crippen molar-refractivity contribution in [1.29, 1.82) is 5.41 Å². The number of hydrogen-bond acceptors (Lipinski definition) is 9. The van der Waals surface area contributed by atoms with Crippen LogP contribution in [-0.2, 0) is 9.59 Å². The Morgan fingerprint density at radius 3 is 2.82 bits per heavy atom. The van der Waals surface area contributed by atoms with Crippen LogP contribution in [0.15, 0.2) is 4.79 Å². The third-order valence-corrected chi connectivity index (χ3v) is 4.06. The van der Waals surface area contributed by atoms with Crippen molar-refractivity contribution in [2.45, 2.75) is 38.0 Å². The maximum absolute atomic E-state index is 12.2. The number of anilines is 3. The van der Waals surface area contributed by atoms with Crippen LogP contribution in [0.1, 0.15) is 19.8 Å². The molecule has 154 valence electrons. The minimum absolute atomic E-state index is 0.0443. The summed E-state index contributed by atoms with van der Waals surface area (Å²) < 4.78 is 0. The second-order valence-corrected chi connectivity index (χ2v) is 6.38. The molecule has 28 heavy (non-hydrogen) atoms. The van der Waals surface area contributed by atoms with Crippen LogP contribution in [0.25, 0.3) is 0 Å². The van der Waals surface area contributed by atoms with Gasteiger partial charge in [-0.05, 0) is 19.8 Å². The number of H-pyrrole nitrogens is 1. The van der Waals surface area contributed by atoms with Crippen molar-refractivity contribution in [1.82, 2.24) is 15.3 Å². The fourth-order valence-electron chi connectivity index (χ4n) is 2.58. The molecule has 1 aromatic rings. The number of aromatic amines is 1. The molecule has 1 aliphatic heterocycles. The summed E-state index contributed by atoms with van der Waals surface area (Å²) in [7, 11) is 0. The number of aliphatic hydroxyl groups is 1. The largest absolute Gasteiger partial charge is 0.386 e. The number of ketones is 1. The van der Waals surface area contributed by atoms with Crippen LogP contribution in [0.3, 0.4) is 0 Å². The van der Waals surface area contributed by atoms with E-state index in [4.69, 9.17) is 16.9 Å². The van der Waals surface area contributed by atoms with Crippen LogP contribution >= 0.6 is 0 Å². The smallest absolute Gasteiger partial charge is 0.300 e. The lowest BCUT2D eigenvalue weighted by Crippen LogP contribution is -2.46. The highest BCUT2D eigenvalue weighted by Gasteiger charge is 2.29. The predicted octanol–water partition coefficient (Wildman–Crippen LogP) is -2.55. The maximum Gasteiger partial charge on any atom is 0.300 e. The Bertz CT molecular complexity index is 807. The molecular weight excluding hydrogens is 370 g/mol. The number of amides is 1. The first-order valence-electron chi connectivity index (χ1n) is 8.70. The molecule has 0 aromatic carbocycles. The van der Waals surface area contributed by atoms with Crippen LogP contribution in [0.4, 0.5) is 17.5 Å². The summed E-state index contributed by atoms with van der Waals surface area (Å²) >= 11 is 0. The predicted molar refractivity (Wildman–Crippen MR) is 103 cm³/mol. The number of carbonyl (C=O) groups excluding carboxylic acids is 2. The zero-order valence-electron chi connectivity index (χ0n) is 15.3. The molecule has 1 unspecified atom stereocenters. The first-order chi connectivity index (χ1) is 13.2. The molecule has 11 N–H and O–H groups in total. The zero-order valence-corrected chi connectivity index (χ0v) is 15.3. The first kappa shape index (κ1) is 21.1. The molecule has 1 aliphatic rings. The van der Waals surface area contributed by atoms with Crippen LogP contribution in [0, 0.1) is 5.41 Å². The van der Waals surface area contributed by atoms with Gasteiger partial charge in [-0.25, -0.2) is 0 Å². The van der Waals surface area contributed by atoms with Gasteiger partial charge in [-0.3, -0.25) is 25.1 Å². The molecule has 2 heterocycles. The number of nitrogens with one attached hydrogen (secondary N) is 6. The molecule has 0 bridgehead atoms. The number of nitrogens with zero attached hydrogens (tertiary/aromatic N) is 1. The van der Waals surface area contributed by atoms with E-state index in [1.807, 2.05) is 0 Å². The monoisotopic (exact) mass is 395 g/mol. The van der Waals surface area contributed by atoms with E-state index in [-0.39, 0.29) is 30.0 Å².